The van der Waals surface area contributed by atoms with E-state index in [1.165, 1.54) is 57.8 Å². The number of rotatable bonds is 19. The zero-order valence-corrected chi connectivity index (χ0v) is 20.0. The second-order valence-corrected chi connectivity index (χ2v) is 8.98. The number of esters is 2. The van der Waals surface area contributed by atoms with Gasteiger partial charge in [0.1, 0.15) is 0 Å². The minimum absolute atomic E-state index is 0.00379. The summed E-state index contributed by atoms with van der Waals surface area (Å²) in [7, 11) is 0. The molecule has 0 aliphatic carbocycles. The van der Waals surface area contributed by atoms with Gasteiger partial charge in [0.15, 0.2) is 0 Å². The Balaban J connectivity index is 3.40. The predicted molar refractivity (Wildman–Crippen MR) is 121 cm³/mol. The van der Waals surface area contributed by atoms with Gasteiger partial charge in [-0.25, -0.2) is 0 Å². The highest BCUT2D eigenvalue weighted by atomic mass is 16.5. The highest BCUT2D eigenvalue weighted by Gasteiger charge is 2.14. The summed E-state index contributed by atoms with van der Waals surface area (Å²) in [4.78, 5) is 23.2. The van der Waals surface area contributed by atoms with E-state index in [1.54, 1.807) is 0 Å². The van der Waals surface area contributed by atoms with Gasteiger partial charge in [0, 0.05) is 12.8 Å². The van der Waals surface area contributed by atoms with Crippen molar-refractivity contribution < 1.29 is 19.1 Å². The van der Waals surface area contributed by atoms with Crippen LogP contribution in [-0.4, -0.2) is 24.1 Å². The summed E-state index contributed by atoms with van der Waals surface area (Å²) >= 11 is 0. The molecule has 0 aromatic heterocycles. The molecule has 4 heteroatoms. The van der Waals surface area contributed by atoms with E-state index in [9.17, 15) is 9.59 Å². The van der Waals surface area contributed by atoms with Crippen molar-refractivity contribution in [2.45, 2.75) is 143 Å². The number of carbonyl (C=O) groups is 2. The molecular weight excluding hydrogens is 364 g/mol. The first-order chi connectivity index (χ1) is 13.8. The van der Waals surface area contributed by atoms with Crippen molar-refractivity contribution in [3.63, 3.8) is 0 Å². The molecule has 172 valence electrons. The van der Waals surface area contributed by atoms with E-state index in [0.717, 1.165) is 25.7 Å². The third-order valence-corrected chi connectivity index (χ3v) is 5.26. The maximum atomic E-state index is 11.8. The second-order valence-electron chi connectivity index (χ2n) is 8.98. The number of carbonyl (C=O) groups excluding carboxylic acids is 2. The largest absolute Gasteiger partial charge is 0.463 e. The summed E-state index contributed by atoms with van der Waals surface area (Å²) in [6.45, 7) is 9.78. The maximum Gasteiger partial charge on any atom is 0.306 e. The van der Waals surface area contributed by atoms with Crippen LogP contribution in [0.3, 0.4) is 0 Å². The van der Waals surface area contributed by atoms with Crippen LogP contribution in [0.4, 0.5) is 0 Å². The van der Waals surface area contributed by atoms with Gasteiger partial charge in [-0.3, -0.25) is 9.59 Å². The van der Waals surface area contributed by atoms with E-state index in [0.29, 0.717) is 18.8 Å². The van der Waals surface area contributed by atoms with Gasteiger partial charge in [0.25, 0.3) is 0 Å². The van der Waals surface area contributed by atoms with Crippen molar-refractivity contribution >= 4 is 11.9 Å². The molecule has 0 saturated heterocycles. The topological polar surface area (TPSA) is 52.6 Å². The number of hydrogen-bond donors (Lipinski definition) is 0. The van der Waals surface area contributed by atoms with Crippen LogP contribution >= 0.6 is 0 Å². The van der Waals surface area contributed by atoms with E-state index < -0.39 is 0 Å². The lowest BCUT2D eigenvalue weighted by atomic mass is 9.95. The summed E-state index contributed by atoms with van der Waals surface area (Å²) < 4.78 is 10.4. The lowest BCUT2D eigenvalue weighted by molar-refractivity contribution is -0.149. The molecule has 0 fully saturated rings. The fraction of sp³-hybridized carbons (Fsp3) is 0.920. The fourth-order valence-electron chi connectivity index (χ4n) is 3.61. The van der Waals surface area contributed by atoms with Crippen LogP contribution in [0.1, 0.15) is 131 Å². The fourth-order valence-corrected chi connectivity index (χ4v) is 3.61. The zero-order valence-electron chi connectivity index (χ0n) is 20.0. The molecule has 0 aliphatic heterocycles. The van der Waals surface area contributed by atoms with Crippen molar-refractivity contribution in [3.8, 4) is 0 Å². The Morgan fingerprint density at radius 2 is 1.03 bits per heavy atom. The lowest BCUT2D eigenvalue weighted by Gasteiger charge is -2.15. The van der Waals surface area contributed by atoms with Gasteiger partial charge in [-0.05, 0) is 46.5 Å². The molecule has 0 N–H and O–H groups in total. The molecule has 0 radical (unpaired) electrons. The quantitative estimate of drug-likeness (QED) is 0.164. The van der Waals surface area contributed by atoms with Crippen LogP contribution in [0, 0.1) is 5.92 Å². The van der Waals surface area contributed by atoms with Crippen LogP contribution in [0.2, 0.25) is 0 Å². The molecule has 29 heavy (non-hydrogen) atoms. The Morgan fingerprint density at radius 1 is 0.621 bits per heavy atom. The van der Waals surface area contributed by atoms with Gasteiger partial charge in [-0.1, -0.05) is 77.6 Å². The Kier molecular flexibility index (Phi) is 18.2. The van der Waals surface area contributed by atoms with E-state index in [-0.39, 0.29) is 24.1 Å². The first-order valence-electron chi connectivity index (χ1n) is 12.2. The molecule has 0 bridgehead atoms. The molecule has 0 spiro atoms. The zero-order chi connectivity index (χ0) is 21.9. The molecule has 0 saturated carbocycles. The van der Waals surface area contributed by atoms with E-state index in [2.05, 4.69) is 6.92 Å². The van der Waals surface area contributed by atoms with Crippen molar-refractivity contribution in [2.75, 3.05) is 0 Å². The summed E-state index contributed by atoms with van der Waals surface area (Å²) in [6.07, 6.45) is 17.1. The summed E-state index contributed by atoms with van der Waals surface area (Å²) in [6, 6.07) is 0. The van der Waals surface area contributed by atoms with Gasteiger partial charge in [-0.15, -0.1) is 0 Å². The smallest absolute Gasteiger partial charge is 0.306 e. The molecule has 0 aliphatic rings. The molecule has 1 unspecified atom stereocenters. The summed E-state index contributed by atoms with van der Waals surface area (Å²) in [5, 5.41) is 0. The lowest BCUT2D eigenvalue weighted by Crippen LogP contribution is -2.15. The highest BCUT2D eigenvalue weighted by Crippen LogP contribution is 2.19. The summed E-state index contributed by atoms with van der Waals surface area (Å²) in [5.41, 5.74) is 0. The average Bonchev–Trinajstić information content (AvgIpc) is 2.63. The third-order valence-electron chi connectivity index (χ3n) is 5.26. The minimum atomic E-state index is -0.0549. The number of ether oxygens (including phenoxy) is 2. The molecule has 0 heterocycles. The molecule has 0 aromatic carbocycles. The standard InChI is InChI=1S/C25H48O4/c1-6-23(20-25(27)29-22(4)5)18-16-14-12-10-8-7-9-11-13-15-17-19-24(26)28-21(2)3/h21-23H,6-20H2,1-5H3. The predicted octanol–water partition coefficient (Wildman–Crippen LogP) is 7.38. The molecule has 0 amide bonds. The van der Waals surface area contributed by atoms with Crippen LogP contribution in [-0.2, 0) is 19.1 Å². The van der Waals surface area contributed by atoms with E-state index >= 15 is 0 Å². The molecule has 4 nitrogen and oxygen atoms in total. The van der Waals surface area contributed by atoms with Gasteiger partial charge >= 0.3 is 11.9 Å². The SMILES string of the molecule is CCC(CCCCCCCCCCCCCC(=O)OC(C)C)CC(=O)OC(C)C. The van der Waals surface area contributed by atoms with E-state index in [4.69, 9.17) is 9.47 Å². The third kappa shape index (κ3) is 20.0. The Hall–Kier alpha value is -1.06. The average molecular weight is 413 g/mol. The van der Waals surface area contributed by atoms with Gasteiger partial charge in [0.2, 0.25) is 0 Å². The Morgan fingerprint density at radius 3 is 1.48 bits per heavy atom. The van der Waals surface area contributed by atoms with Gasteiger partial charge in [0.05, 0.1) is 12.2 Å². The second kappa shape index (κ2) is 18.9. The molecule has 0 rings (SSSR count). The van der Waals surface area contributed by atoms with Crippen LogP contribution in [0.25, 0.3) is 0 Å². The first kappa shape index (κ1) is 27.9. The van der Waals surface area contributed by atoms with Gasteiger partial charge < -0.3 is 9.47 Å². The summed E-state index contributed by atoms with van der Waals surface area (Å²) in [5.74, 6) is 0.386. The monoisotopic (exact) mass is 412 g/mol. The molecule has 0 aromatic rings. The van der Waals surface area contributed by atoms with Crippen molar-refractivity contribution in [1.29, 1.82) is 0 Å². The maximum absolute atomic E-state index is 11.8. The van der Waals surface area contributed by atoms with Crippen molar-refractivity contribution in [2.24, 2.45) is 5.92 Å². The van der Waals surface area contributed by atoms with Crippen LogP contribution in [0.15, 0.2) is 0 Å². The van der Waals surface area contributed by atoms with Crippen molar-refractivity contribution in [3.05, 3.63) is 0 Å². The van der Waals surface area contributed by atoms with Crippen molar-refractivity contribution in [1.82, 2.24) is 0 Å². The first-order valence-corrected chi connectivity index (χ1v) is 12.2. The number of unbranched alkanes of at least 4 members (excludes halogenated alkanes) is 10. The molecular formula is C25H48O4. The Bertz CT molecular complexity index is 404. The molecule has 1 atom stereocenters. The normalized spacial score (nSPS) is 12.4. The van der Waals surface area contributed by atoms with Crippen LogP contribution < -0.4 is 0 Å². The van der Waals surface area contributed by atoms with E-state index in [1.807, 2.05) is 27.7 Å². The Labute approximate surface area is 180 Å². The van der Waals surface area contributed by atoms with Gasteiger partial charge in [-0.2, -0.15) is 0 Å². The number of hydrogen-bond acceptors (Lipinski definition) is 4. The minimum Gasteiger partial charge on any atom is -0.463 e. The van der Waals surface area contributed by atoms with Crippen LogP contribution in [0.5, 0.6) is 0 Å². The highest BCUT2D eigenvalue weighted by molar-refractivity contribution is 5.70.